The Morgan fingerprint density at radius 3 is 3.07 bits per heavy atom. The number of benzene rings is 1. The number of rotatable bonds is 1. The van der Waals surface area contributed by atoms with E-state index in [0.29, 0.717) is 0 Å². The Hall–Kier alpha value is -1.35. The van der Waals surface area contributed by atoms with Crippen LogP contribution in [0.5, 0.6) is 0 Å². The largest absolute Gasteiger partial charge is 0.326 e. The molecule has 0 unspecified atom stereocenters. The van der Waals surface area contributed by atoms with Gasteiger partial charge in [-0.05, 0) is 36.2 Å². The molecule has 0 radical (unpaired) electrons. The van der Waals surface area contributed by atoms with Crippen LogP contribution in [0.3, 0.4) is 0 Å². The van der Waals surface area contributed by atoms with Crippen LogP contribution in [0.1, 0.15) is 18.1 Å². The molecule has 3 nitrogen and oxygen atoms in total. The number of nitrogens with one attached hydrogen (secondary N) is 2. The highest BCUT2D eigenvalue weighted by Gasteiger charge is 2.08. The fourth-order valence-corrected chi connectivity index (χ4v) is 1.76. The van der Waals surface area contributed by atoms with Crippen LogP contribution >= 0.6 is 0 Å². The summed E-state index contributed by atoms with van der Waals surface area (Å²) in [5.74, 6) is -0.0149. The van der Waals surface area contributed by atoms with Gasteiger partial charge in [0.05, 0.1) is 0 Å². The summed E-state index contributed by atoms with van der Waals surface area (Å²) in [5.41, 5.74) is 3.58. The van der Waals surface area contributed by atoms with Crippen molar-refractivity contribution in [2.45, 2.75) is 19.9 Å². The summed E-state index contributed by atoms with van der Waals surface area (Å²) in [4.78, 5) is 10.9. The van der Waals surface area contributed by atoms with E-state index in [4.69, 9.17) is 0 Å². The van der Waals surface area contributed by atoms with Crippen LogP contribution < -0.4 is 10.6 Å². The lowest BCUT2D eigenvalue weighted by Crippen LogP contribution is -2.23. The summed E-state index contributed by atoms with van der Waals surface area (Å²) in [5, 5.41) is 6.11. The van der Waals surface area contributed by atoms with E-state index >= 15 is 0 Å². The van der Waals surface area contributed by atoms with Gasteiger partial charge >= 0.3 is 0 Å². The first kappa shape index (κ1) is 9.21. The third-order valence-electron chi connectivity index (χ3n) is 2.41. The molecule has 0 atom stereocenters. The molecule has 3 heteroatoms. The number of hydrogen-bond donors (Lipinski definition) is 2. The van der Waals surface area contributed by atoms with Gasteiger partial charge in [0.15, 0.2) is 0 Å². The van der Waals surface area contributed by atoms with Crippen molar-refractivity contribution in [3.05, 3.63) is 29.3 Å². The summed E-state index contributed by atoms with van der Waals surface area (Å²) in [6.07, 6.45) is 1.04. The maximum absolute atomic E-state index is 10.9. The number of carbonyl (C=O) groups is 1. The molecule has 1 heterocycles. The highest BCUT2D eigenvalue weighted by Crippen LogP contribution is 2.18. The Morgan fingerprint density at radius 2 is 2.29 bits per heavy atom. The fraction of sp³-hybridized carbons (Fsp3) is 0.364. The van der Waals surface area contributed by atoms with E-state index in [9.17, 15) is 4.79 Å². The molecule has 0 saturated heterocycles. The molecule has 1 aromatic carbocycles. The van der Waals surface area contributed by atoms with Crippen LogP contribution in [0, 0.1) is 0 Å². The van der Waals surface area contributed by atoms with Crippen molar-refractivity contribution in [3.8, 4) is 0 Å². The van der Waals surface area contributed by atoms with Gasteiger partial charge in [-0.1, -0.05) is 6.07 Å². The molecule has 1 aromatic rings. The minimum Gasteiger partial charge on any atom is -0.326 e. The molecule has 2 rings (SSSR count). The minimum atomic E-state index is -0.0149. The number of carbonyl (C=O) groups excluding carboxylic acids is 1. The molecular weight excluding hydrogens is 176 g/mol. The van der Waals surface area contributed by atoms with Gasteiger partial charge in [0, 0.05) is 19.2 Å². The monoisotopic (exact) mass is 190 g/mol. The quantitative estimate of drug-likeness (QED) is 0.700. The fourth-order valence-electron chi connectivity index (χ4n) is 1.76. The minimum absolute atomic E-state index is 0.0149. The molecule has 0 aliphatic carbocycles. The lowest BCUT2D eigenvalue weighted by Gasteiger charge is -2.17. The van der Waals surface area contributed by atoms with Gasteiger partial charge in [-0.2, -0.15) is 0 Å². The Kier molecular flexibility index (Phi) is 2.50. The molecule has 1 aliphatic heterocycles. The number of anilines is 1. The Morgan fingerprint density at radius 1 is 1.43 bits per heavy atom. The van der Waals surface area contributed by atoms with Gasteiger partial charge in [0.25, 0.3) is 0 Å². The maximum atomic E-state index is 10.9. The first-order chi connectivity index (χ1) is 6.75. The van der Waals surface area contributed by atoms with Crippen LogP contribution in [0.15, 0.2) is 18.2 Å². The lowest BCUT2D eigenvalue weighted by molar-refractivity contribution is -0.114. The number of fused-ring (bicyclic) bond motifs is 1. The Labute approximate surface area is 83.5 Å². The highest BCUT2D eigenvalue weighted by molar-refractivity contribution is 5.88. The molecule has 14 heavy (non-hydrogen) atoms. The van der Waals surface area contributed by atoms with Crippen molar-refractivity contribution >= 4 is 11.6 Å². The van der Waals surface area contributed by atoms with Gasteiger partial charge in [-0.25, -0.2) is 0 Å². The second kappa shape index (κ2) is 3.80. The molecule has 0 aromatic heterocycles. The predicted octanol–water partition coefficient (Wildman–Crippen LogP) is 1.29. The summed E-state index contributed by atoms with van der Waals surface area (Å²) < 4.78 is 0. The first-order valence-electron chi connectivity index (χ1n) is 4.86. The van der Waals surface area contributed by atoms with Crippen molar-refractivity contribution in [3.63, 3.8) is 0 Å². The van der Waals surface area contributed by atoms with Crippen LogP contribution in [0.4, 0.5) is 5.69 Å². The zero-order valence-electron chi connectivity index (χ0n) is 8.26. The average molecular weight is 190 g/mol. The predicted molar refractivity (Wildman–Crippen MR) is 56.2 cm³/mol. The van der Waals surface area contributed by atoms with Crippen molar-refractivity contribution in [2.75, 3.05) is 11.9 Å². The second-order valence-corrected chi connectivity index (χ2v) is 3.59. The van der Waals surface area contributed by atoms with Crippen LogP contribution in [-0.2, 0) is 17.8 Å². The summed E-state index contributed by atoms with van der Waals surface area (Å²) in [6.45, 7) is 3.49. The summed E-state index contributed by atoms with van der Waals surface area (Å²) >= 11 is 0. The Balaban J connectivity index is 2.24. The van der Waals surface area contributed by atoms with E-state index in [1.54, 1.807) is 0 Å². The summed E-state index contributed by atoms with van der Waals surface area (Å²) in [6, 6.07) is 6.09. The molecule has 74 valence electrons. The van der Waals surface area contributed by atoms with E-state index in [0.717, 1.165) is 25.2 Å². The second-order valence-electron chi connectivity index (χ2n) is 3.59. The summed E-state index contributed by atoms with van der Waals surface area (Å²) in [7, 11) is 0. The normalized spacial score (nSPS) is 14.6. The van der Waals surface area contributed by atoms with E-state index < -0.39 is 0 Å². The van der Waals surface area contributed by atoms with Gasteiger partial charge in [0.2, 0.25) is 5.91 Å². The standard InChI is InChI=1S/C11H14N2O/c1-8(14)13-11-3-2-10-7-12-5-4-9(10)6-11/h2-3,6,12H,4-5,7H2,1H3,(H,13,14). The smallest absolute Gasteiger partial charge is 0.221 e. The van der Waals surface area contributed by atoms with Gasteiger partial charge in [0.1, 0.15) is 0 Å². The maximum Gasteiger partial charge on any atom is 0.221 e. The van der Waals surface area contributed by atoms with E-state index in [-0.39, 0.29) is 5.91 Å². The van der Waals surface area contributed by atoms with E-state index in [1.165, 1.54) is 18.1 Å². The molecule has 0 bridgehead atoms. The van der Waals surface area contributed by atoms with Crippen LogP contribution in [0.2, 0.25) is 0 Å². The Bertz CT molecular complexity index is 360. The van der Waals surface area contributed by atoms with Gasteiger partial charge < -0.3 is 10.6 Å². The van der Waals surface area contributed by atoms with Crippen molar-refractivity contribution in [1.82, 2.24) is 5.32 Å². The number of hydrogen-bond acceptors (Lipinski definition) is 2. The van der Waals surface area contributed by atoms with E-state index in [1.807, 2.05) is 6.07 Å². The lowest BCUT2D eigenvalue weighted by atomic mass is 10.0. The van der Waals surface area contributed by atoms with Crippen molar-refractivity contribution in [1.29, 1.82) is 0 Å². The first-order valence-corrected chi connectivity index (χ1v) is 4.86. The van der Waals surface area contributed by atoms with Gasteiger partial charge in [-0.3, -0.25) is 4.79 Å². The molecule has 1 amide bonds. The SMILES string of the molecule is CC(=O)Nc1ccc2c(c1)CCNC2. The molecule has 2 N–H and O–H groups in total. The van der Waals surface area contributed by atoms with Gasteiger partial charge in [-0.15, -0.1) is 0 Å². The molecular formula is C11H14N2O. The van der Waals surface area contributed by atoms with E-state index in [2.05, 4.69) is 22.8 Å². The average Bonchev–Trinajstić information content (AvgIpc) is 2.17. The highest BCUT2D eigenvalue weighted by atomic mass is 16.1. The van der Waals surface area contributed by atoms with Crippen LogP contribution in [0.25, 0.3) is 0 Å². The zero-order valence-corrected chi connectivity index (χ0v) is 8.26. The number of amides is 1. The third-order valence-corrected chi connectivity index (χ3v) is 2.41. The molecule has 1 aliphatic rings. The topological polar surface area (TPSA) is 41.1 Å². The molecule has 0 saturated carbocycles. The molecule has 0 fully saturated rings. The van der Waals surface area contributed by atoms with Crippen molar-refractivity contribution in [2.24, 2.45) is 0 Å². The van der Waals surface area contributed by atoms with Crippen LogP contribution in [-0.4, -0.2) is 12.5 Å². The molecule has 0 spiro atoms. The van der Waals surface area contributed by atoms with Crippen molar-refractivity contribution < 1.29 is 4.79 Å². The third kappa shape index (κ3) is 1.93. The zero-order chi connectivity index (χ0) is 9.97.